The summed E-state index contributed by atoms with van der Waals surface area (Å²) < 4.78 is 5.31. The summed E-state index contributed by atoms with van der Waals surface area (Å²) in [4.78, 5) is 26.9. The Morgan fingerprint density at radius 3 is 2.69 bits per heavy atom. The minimum absolute atomic E-state index is 0.215. The van der Waals surface area contributed by atoms with E-state index in [1.165, 1.54) is 11.8 Å². The molecule has 0 aliphatic heterocycles. The molecule has 4 aromatic rings. The largest absolute Gasteiger partial charge is 0.495 e. The minimum atomic E-state index is -0.215. The second kappa shape index (κ2) is 9.93. The van der Waals surface area contributed by atoms with Gasteiger partial charge in [0, 0.05) is 35.5 Å². The number of hydrogen-bond donors (Lipinski definition) is 2. The van der Waals surface area contributed by atoms with Crippen molar-refractivity contribution in [3.8, 4) is 17.0 Å². The number of rotatable bonds is 7. The summed E-state index contributed by atoms with van der Waals surface area (Å²) in [5.74, 6) is 0.931. The van der Waals surface area contributed by atoms with Crippen LogP contribution in [0.3, 0.4) is 0 Å². The Bertz CT molecular complexity index is 1250. The first-order valence-corrected chi connectivity index (χ1v) is 10.7. The van der Waals surface area contributed by atoms with E-state index in [0.29, 0.717) is 22.9 Å². The van der Waals surface area contributed by atoms with Gasteiger partial charge in [-0.3, -0.25) is 4.79 Å². The number of carbonyl (C=O) groups excluding carboxylic acids is 1. The van der Waals surface area contributed by atoms with Crippen LogP contribution in [0.15, 0.2) is 89.0 Å². The number of anilines is 2. The highest BCUT2D eigenvalue weighted by Gasteiger charge is 2.13. The molecule has 0 radical (unpaired) electrons. The summed E-state index contributed by atoms with van der Waals surface area (Å²) in [7, 11) is 3.35. The normalized spacial score (nSPS) is 10.4. The zero-order valence-corrected chi connectivity index (χ0v) is 18.4. The van der Waals surface area contributed by atoms with E-state index in [2.05, 4.69) is 25.6 Å². The van der Waals surface area contributed by atoms with E-state index in [1.54, 1.807) is 44.8 Å². The Labute approximate surface area is 190 Å². The van der Waals surface area contributed by atoms with Crippen LogP contribution in [-0.2, 0) is 0 Å². The van der Waals surface area contributed by atoms with Crippen molar-refractivity contribution in [1.82, 2.24) is 15.0 Å². The van der Waals surface area contributed by atoms with Gasteiger partial charge in [-0.15, -0.1) is 0 Å². The van der Waals surface area contributed by atoms with Crippen molar-refractivity contribution < 1.29 is 9.53 Å². The molecule has 0 atom stereocenters. The van der Waals surface area contributed by atoms with E-state index in [0.717, 1.165) is 21.2 Å². The second-order valence-electron chi connectivity index (χ2n) is 6.66. The zero-order valence-electron chi connectivity index (χ0n) is 17.6. The smallest absolute Gasteiger partial charge is 0.255 e. The number of para-hydroxylation sites is 2. The molecule has 0 unspecified atom stereocenters. The van der Waals surface area contributed by atoms with Crippen molar-refractivity contribution in [3.05, 3.63) is 84.7 Å². The van der Waals surface area contributed by atoms with Crippen LogP contribution >= 0.6 is 11.8 Å². The second-order valence-corrected chi connectivity index (χ2v) is 7.72. The lowest BCUT2D eigenvalue weighted by Gasteiger charge is -2.11. The van der Waals surface area contributed by atoms with Crippen molar-refractivity contribution in [3.63, 3.8) is 0 Å². The molecule has 0 spiro atoms. The average Bonchev–Trinajstić information content (AvgIpc) is 2.85. The first kappa shape index (κ1) is 21.3. The Balaban J connectivity index is 1.58. The third kappa shape index (κ3) is 4.87. The Morgan fingerprint density at radius 2 is 1.84 bits per heavy atom. The van der Waals surface area contributed by atoms with Crippen molar-refractivity contribution in [2.24, 2.45) is 0 Å². The van der Waals surface area contributed by atoms with Gasteiger partial charge in [-0.2, -0.15) is 0 Å². The summed E-state index contributed by atoms with van der Waals surface area (Å²) in [6.07, 6.45) is 3.45. The summed E-state index contributed by atoms with van der Waals surface area (Å²) in [5.41, 5.74) is 2.82. The number of aromatic nitrogens is 3. The number of hydrogen-bond acceptors (Lipinski definition) is 7. The third-order valence-corrected chi connectivity index (χ3v) is 5.60. The summed E-state index contributed by atoms with van der Waals surface area (Å²) in [5, 5.41) is 6.64. The van der Waals surface area contributed by atoms with E-state index >= 15 is 0 Å². The van der Waals surface area contributed by atoms with Crippen LogP contribution in [0.5, 0.6) is 5.75 Å². The average molecular weight is 444 g/mol. The number of ether oxygens (including phenoxy) is 1. The first-order valence-electron chi connectivity index (χ1n) is 9.86. The quantitative estimate of drug-likeness (QED) is 0.416. The molecule has 1 amide bonds. The van der Waals surface area contributed by atoms with Crippen LogP contribution in [0.2, 0.25) is 0 Å². The predicted molar refractivity (Wildman–Crippen MR) is 126 cm³/mol. The zero-order chi connectivity index (χ0) is 22.3. The molecule has 160 valence electrons. The minimum Gasteiger partial charge on any atom is -0.495 e. The molecule has 2 aromatic carbocycles. The number of nitrogens with one attached hydrogen (secondary N) is 2. The maximum absolute atomic E-state index is 12.8. The molecule has 0 aliphatic rings. The maximum atomic E-state index is 12.8. The highest BCUT2D eigenvalue weighted by Crippen LogP contribution is 2.34. The fourth-order valence-corrected chi connectivity index (χ4v) is 4.00. The van der Waals surface area contributed by atoms with Gasteiger partial charge < -0.3 is 15.4 Å². The topological polar surface area (TPSA) is 89.0 Å². The molecule has 0 bridgehead atoms. The van der Waals surface area contributed by atoms with E-state index in [1.807, 2.05) is 48.5 Å². The molecule has 0 saturated heterocycles. The van der Waals surface area contributed by atoms with Crippen molar-refractivity contribution in [1.29, 1.82) is 0 Å². The SMILES string of the molecule is CNc1nccc(-c2cccnc2Sc2cccc(C(=O)Nc3ccccc3OC)c2)n1. The van der Waals surface area contributed by atoms with E-state index in [9.17, 15) is 4.79 Å². The molecular formula is C24H21N5O2S. The Morgan fingerprint density at radius 1 is 0.969 bits per heavy atom. The Kier molecular flexibility index (Phi) is 6.62. The van der Waals surface area contributed by atoms with Crippen molar-refractivity contribution in [2.75, 3.05) is 24.8 Å². The maximum Gasteiger partial charge on any atom is 0.255 e. The lowest BCUT2D eigenvalue weighted by Crippen LogP contribution is -2.12. The fourth-order valence-electron chi connectivity index (χ4n) is 3.05. The monoisotopic (exact) mass is 443 g/mol. The van der Waals surface area contributed by atoms with Crippen LogP contribution in [0.25, 0.3) is 11.3 Å². The molecule has 2 N–H and O–H groups in total. The van der Waals surface area contributed by atoms with Crippen LogP contribution in [-0.4, -0.2) is 35.0 Å². The Hall–Kier alpha value is -3.91. The van der Waals surface area contributed by atoms with Crippen molar-refractivity contribution >= 4 is 29.3 Å². The molecular weight excluding hydrogens is 422 g/mol. The molecule has 4 rings (SSSR count). The number of benzene rings is 2. The molecule has 8 heteroatoms. The number of methoxy groups -OCH3 is 1. The molecule has 32 heavy (non-hydrogen) atoms. The van der Waals surface area contributed by atoms with Gasteiger partial charge >= 0.3 is 0 Å². The number of nitrogens with zero attached hydrogens (tertiary/aromatic N) is 3. The van der Waals surface area contributed by atoms with Crippen LogP contribution in [0, 0.1) is 0 Å². The molecule has 0 saturated carbocycles. The molecule has 2 aromatic heterocycles. The van der Waals surface area contributed by atoms with E-state index in [-0.39, 0.29) is 5.91 Å². The molecule has 7 nitrogen and oxygen atoms in total. The van der Waals surface area contributed by atoms with Gasteiger partial charge in [0.2, 0.25) is 5.95 Å². The van der Waals surface area contributed by atoms with Gasteiger partial charge in [0.1, 0.15) is 10.8 Å². The van der Waals surface area contributed by atoms with Gasteiger partial charge in [-0.25, -0.2) is 15.0 Å². The number of carbonyl (C=O) groups is 1. The summed E-state index contributed by atoms with van der Waals surface area (Å²) >= 11 is 1.47. The lowest BCUT2D eigenvalue weighted by molar-refractivity contribution is 0.102. The van der Waals surface area contributed by atoms with E-state index in [4.69, 9.17) is 4.74 Å². The molecule has 2 heterocycles. The highest BCUT2D eigenvalue weighted by atomic mass is 32.2. The highest BCUT2D eigenvalue weighted by molar-refractivity contribution is 7.99. The van der Waals surface area contributed by atoms with Gasteiger partial charge in [-0.05, 0) is 48.5 Å². The van der Waals surface area contributed by atoms with Gasteiger partial charge in [-0.1, -0.05) is 30.0 Å². The van der Waals surface area contributed by atoms with Crippen LogP contribution in [0.4, 0.5) is 11.6 Å². The summed E-state index contributed by atoms with van der Waals surface area (Å²) in [6.45, 7) is 0. The van der Waals surface area contributed by atoms with E-state index < -0.39 is 0 Å². The summed E-state index contributed by atoms with van der Waals surface area (Å²) in [6, 6.07) is 20.4. The van der Waals surface area contributed by atoms with Gasteiger partial charge in [0.25, 0.3) is 5.91 Å². The first-order chi connectivity index (χ1) is 15.7. The van der Waals surface area contributed by atoms with Gasteiger partial charge in [0.15, 0.2) is 0 Å². The standard InChI is InChI=1S/C24H21N5O2S/c1-25-24-27-14-12-19(29-24)18-9-6-13-26-23(18)32-17-8-5-7-16(15-17)22(30)28-20-10-3-4-11-21(20)31-2/h3-15H,1-2H3,(H,28,30)(H,25,27,29). The molecule has 0 aliphatic carbocycles. The third-order valence-electron chi connectivity index (χ3n) is 4.59. The lowest BCUT2D eigenvalue weighted by atomic mass is 10.2. The number of pyridine rings is 1. The van der Waals surface area contributed by atoms with Crippen LogP contribution in [0.1, 0.15) is 10.4 Å². The number of amides is 1. The predicted octanol–water partition coefficient (Wildman–Crippen LogP) is 4.99. The fraction of sp³-hybridized carbons (Fsp3) is 0.0833. The van der Waals surface area contributed by atoms with Crippen molar-refractivity contribution in [2.45, 2.75) is 9.92 Å². The molecule has 0 fully saturated rings. The van der Waals surface area contributed by atoms with Crippen LogP contribution < -0.4 is 15.4 Å². The van der Waals surface area contributed by atoms with Gasteiger partial charge in [0.05, 0.1) is 18.5 Å².